The van der Waals surface area contributed by atoms with Gasteiger partial charge in [-0.1, -0.05) is 41.5 Å². The average Bonchev–Trinajstić information content (AvgIpc) is 3.05. The first-order chi connectivity index (χ1) is 15.3. The Bertz CT molecular complexity index is 1040. The van der Waals surface area contributed by atoms with Crippen LogP contribution in [0.15, 0.2) is 12.3 Å². The summed E-state index contributed by atoms with van der Waals surface area (Å²) in [7, 11) is -0.494. The van der Waals surface area contributed by atoms with Gasteiger partial charge in [-0.25, -0.2) is 4.79 Å². The largest absolute Gasteiger partial charge is 0.496 e. The smallest absolute Gasteiger partial charge is 0.414 e. The van der Waals surface area contributed by atoms with E-state index in [2.05, 4.69) is 52.0 Å². The van der Waals surface area contributed by atoms with Crippen molar-refractivity contribution in [3.8, 4) is 5.75 Å². The Kier molecular flexibility index (Phi) is 6.77. The number of aldehydes is 1. The summed E-state index contributed by atoms with van der Waals surface area (Å²) in [5, 5.41) is 0.980. The number of hydrogen-bond acceptors (Lipinski definition) is 4. The monoisotopic (exact) mass is 472 g/mol. The maximum Gasteiger partial charge on any atom is 0.414 e. The predicted molar refractivity (Wildman–Crippen MR) is 138 cm³/mol. The summed E-state index contributed by atoms with van der Waals surface area (Å²) in [5.74, 6) is 0.494. The Morgan fingerprint density at radius 3 is 2.12 bits per heavy atom. The molecule has 0 unspecified atom stereocenters. The summed E-state index contributed by atoms with van der Waals surface area (Å²) in [5.41, 5.74) is 4.14. The number of nitrogens with zero attached hydrogens (tertiary/aromatic N) is 2. The van der Waals surface area contributed by atoms with E-state index < -0.39 is 19.9 Å². The van der Waals surface area contributed by atoms with Gasteiger partial charge in [0.1, 0.15) is 11.4 Å². The molecule has 33 heavy (non-hydrogen) atoms. The molecule has 1 aliphatic heterocycles. The van der Waals surface area contributed by atoms with E-state index in [1.165, 1.54) is 5.56 Å². The molecule has 2 heterocycles. The number of hydrogen-bond donors (Lipinski definition) is 0. The van der Waals surface area contributed by atoms with Crippen LogP contribution in [0.25, 0.3) is 10.9 Å². The molecular weight excluding hydrogens is 432 g/mol. The predicted octanol–water partition coefficient (Wildman–Crippen LogP) is 6.78. The number of methoxy groups -OCH3 is 1. The first kappa shape index (κ1) is 25.3. The maximum atomic E-state index is 13.2. The van der Waals surface area contributed by atoms with Crippen molar-refractivity contribution in [3.63, 3.8) is 0 Å². The van der Waals surface area contributed by atoms with Gasteiger partial charge in [0.05, 0.1) is 18.4 Å². The first-order valence-electron chi connectivity index (χ1n) is 12.0. The molecule has 0 N–H and O–H groups in total. The average molecular weight is 473 g/mol. The number of carbonyl (C=O) groups excluding carboxylic acids is 2. The summed E-state index contributed by atoms with van der Waals surface area (Å²) in [6, 6.07) is 2.00. The molecule has 6 nitrogen and oxygen atoms in total. The number of anilines is 1. The van der Waals surface area contributed by atoms with E-state index in [0.29, 0.717) is 40.2 Å². The summed E-state index contributed by atoms with van der Waals surface area (Å²) in [6.07, 6.45) is 3.40. The van der Waals surface area contributed by atoms with Crippen molar-refractivity contribution in [2.75, 3.05) is 18.6 Å². The third-order valence-electron chi connectivity index (χ3n) is 7.17. The van der Waals surface area contributed by atoms with Crippen molar-refractivity contribution < 1.29 is 19.1 Å². The molecule has 0 saturated heterocycles. The van der Waals surface area contributed by atoms with Crippen molar-refractivity contribution in [1.82, 2.24) is 4.23 Å². The van der Waals surface area contributed by atoms with Crippen LogP contribution in [0.3, 0.4) is 0 Å². The number of aromatic nitrogens is 1. The molecule has 7 heteroatoms. The van der Waals surface area contributed by atoms with Crippen molar-refractivity contribution in [1.29, 1.82) is 0 Å². The number of ether oxygens (including phenoxy) is 2. The van der Waals surface area contributed by atoms with E-state index >= 15 is 0 Å². The Morgan fingerprint density at radius 2 is 1.67 bits per heavy atom. The van der Waals surface area contributed by atoms with E-state index in [4.69, 9.17) is 9.47 Å². The maximum absolute atomic E-state index is 13.2. The Morgan fingerprint density at radius 1 is 1.09 bits per heavy atom. The van der Waals surface area contributed by atoms with Gasteiger partial charge in [-0.3, -0.25) is 9.69 Å². The molecule has 0 spiro atoms. The van der Waals surface area contributed by atoms with Gasteiger partial charge in [-0.05, 0) is 55.6 Å². The minimum absolute atomic E-state index is 0.403. The lowest BCUT2D eigenvalue weighted by Gasteiger charge is -2.44. The van der Waals surface area contributed by atoms with E-state index in [9.17, 15) is 9.59 Å². The molecule has 1 amide bonds. The van der Waals surface area contributed by atoms with Gasteiger partial charge in [0.15, 0.2) is 14.5 Å². The lowest BCUT2D eigenvalue weighted by molar-refractivity contribution is 0.0580. The second-order valence-corrected chi connectivity index (χ2v) is 16.8. The van der Waals surface area contributed by atoms with Crippen LogP contribution in [-0.2, 0) is 11.2 Å². The third kappa shape index (κ3) is 3.98. The highest BCUT2D eigenvalue weighted by Gasteiger charge is 2.47. The van der Waals surface area contributed by atoms with Crippen LogP contribution >= 0.6 is 0 Å². The zero-order valence-corrected chi connectivity index (χ0v) is 22.9. The van der Waals surface area contributed by atoms with Gasteiger partial charge >= 0.3 is 6.09 Å². The van der Waals surface area contributed by atoms with E-state index in [0.717, 1.165) is 23.6 Å². The third-order valence-corrected chi connectivity index (χ3v) is 13.9. The zero-order chi connectivity index (χ0) is 24.9. The van der Waals surface area contributed by atoms with Gasteiger partial charge < -0.3 is 13.7 Å². The van der Waals surface area contributed by atoms with E-state index in [1.807, 2.05) is 26.8 Å². The Balaban J connectivity index is 2.42. The van der Waals surface area contributed by atoms with Crippen molar-refractivity contribution in [2.24, 2.45) is 0 Å². The molecule has 3 rings (SSSR count). The van der Waals surface area contributed by atoms with Crippen LogP contribution in [0.1, 0.15) is 78.2 Å². The fourth-order valence-corrected chi connectivity index (χ4v) is 12.8. The molecule has 2 aromatic rings. The fourth-order valence-electron chi connectivity index (χ4n) is 6.19. The fraction of sp³-hybridized carbons (Fsp3) is 0.615. The lowest BCUT2D eigenvalue weighted by atomic mass is 9.99. The Labute approximate surface area is 199 Å². The molecule has 0 bridgehead atoms. The second-order valence-electron chi connectivity index (χ2n) is 11.1. The van der Waals surface area contributed by atoms with Crippen molar-refractivity contribution in [2.45, 2.75) is 91.0 Å². The van der Waals surface area contributed by atoms with Gasteiger partial charge in [-0.2, -0.15) is 0 Å². The molecule has 182 valence electrons. The van der Waals surface area contributed by atoms with Crippen LogP contribution in [0.4, 0.5) is 10.5 Å². The summed E-state index contributed by atoms with van der Waals surface area (Å²) in [6.45, 7) is 20.0. The van der Waals surface area contributed by atoms with Crippen LogP contribution in [-0.4, -0.2) is 44.1 Å². The van der Waals surface area contributed by atoms with Crippen molar-refractivity contribution in [3.05, 3.63) is 23.4 Å². The quantitative estimate of drug-likeness (QED) is 0.343. The molecular formula is C26H40N2O4Si. The normalized spacial score (nSPS) is 14.5. The van der Waals surface area contributed by atoms with E-state index in [-0.39, 0.29) is 0 Å². The molecule has 1 aromatic carbocycles. The molecule has 1 aliphatic rings. The second kappa shape index (κ2) is 8.82. The number of rotatable bonds is 6. The van der Waals surface area contributed by atoms with Crippen LogP contribution in [0.5, 0.6) is 5.75 Å². The topological polar surface area (TPSA) is 60.8 Å². The number of benzene rings is 1. The minimum atomic E-state index is -2.07. The molecule has 1 aromatic heterocycles. The van der Waals surface area contributed by atoms with Gasteiger partial charge in [0.25, 0.3) is 0 Å². The highest BCUT2D eigenvalue weighted by Crippen LogP contribution is 2.49. The van der Waals surface area contributed by atoms with Crippen molar-refractivity contribution >= 4 is 37.2 Å². The summed E-state index contributed by atoms with van der Waals surface area (Å²) < 4.78 is 13.9. The zero-order valence-electron chi connectivity index (χ0n) is 21.9. The summed E-state index contributed by atoms with van der Waals surface area (Å²) in [4.78, 5) is 27.1. The SMILES string of the molecule is COc1cc2c3c(cn2[Si](C(C)C)(C(C)C)C(C)C)CCN(C(=O)OC(C)(C)C)c3c1C=O. The molecule has 0 aliphatic carbocycles. The molecule has 0 atom stereocenters. The Hall–Kier alpha value is -2.28. The van der Waals surface area contributed by atoms with E-state index in [1.54, 1.807) is 12.0 Å². The van der Waals surface area contributed by atoms with Crippen LogP contribution < -0.4 is 9.64 Å². The highest BCUT2D eigenvalue weighted by atomic mass is 28.3. The lowest BCUT2D eigenvalue weighted by Crippen LogP contribution is -2.51. The highest BCUT2D eigenvalue weighted by molar-refractivity contribution is 6.82. The van der Waals surface area contributed by atoms with Crippen LogP contribution in [0.2, 0.25) is 16.6 Å². The summed E-state index contributed by atoms with van der Waals surface area (Å²) >= 11 is 0. The number of carbonyl (C=O) groups is 2. The minimum Gasteiger partial charge on any atom is -0.496 e. The first-order valence-corrected chi connectivity index (χ1v) is 14.2. The number of amides is 1. The molecule has 0 radical (unpaired) electrons. The van der Waals surface area contributed by atoms with Gasteiger partial charge in [0, 0.05) is 23.5 Å². The van der Waals surface area contributed by atoms with Gasteiger partial charge in [0.2, 0.25) is 0 Å². The standard InChI is InChI=1S/C26H40N2O4Si/c1-16(2)33(17(3)4,18(5)6)28-14-19-11-12-27(25(30)32-26(7,8)9)24-20(15-29)22(31-10)13-21(28)23(19)24/h13-18H,11-12H2,1-10H3. The molecule has 0 saturated carbocycles. The van der Waals surface area contributed by atoms with Crippen LogP contribution in [0, 0.1) is 0 Å². The molecule has 0 fully saturated rings. The van der Waals surface area contributed by atoms with Gasteiger partial charge in [-0.15, -0.1) is 0 Å².